The van der Waals surface area contributed by atoms with Gasteiger partial charge in [0.05, 0.1) is 29.8 Å². The summed E-state index contributed by atoms with van der Waals surface area (Å²) in [4.78, 5) is 33.2. The third-order valence-electron chi connectivity index (χ3n) is 14.9. The SMILES string of the molecule is C=CCO[C@@]12Oc3ccc(Oc4ccc(-c5ccccc5)cc4)cc3[C@H]3[C@H](CCCCO)[C@@H](CCCCO)C=C(C(=NOCc4ccc([N+](=O)[O-])cc4)C[C@@H]1N(C)C(=O)OCCCCCCCCCCCC)[C@H]32. The van der Waals surface area contributed by atoms with Crippen molar-refractivity contribution in [3.8, 4) is 28.4 Å². The fourth-order valence-corrected chi connectivity index (χ4v) is 11.2. The predicted molar refractivity (Wildman–Crippen MR) is 286 cm³/mol. The number of carbonyl (C=O) groups is 1. The van der Waals surface area contributed by atoms with Crippen LogP contribution in [0.2, 0.25) is 0 Å². The van der Waals surface area contributed by atoms with Crippen molar-refractivity contribution in [3.05, 3.63) is 143 Å². The molecule has 2 N–H and O–H groups in total. The standard InChI is InChI=1S/C60H77N3O10/c1-4-6-7-8-9-10-11-12-13-21-39-69-59(66)62(3)56-42-54(61-71-43-44-26-30-48(31-27-44)63(67)68)52-40-47(24-17-19-36-64)51(25-18-20-37-65)57-53-41-50(34-35-55(53)73-60(56,58(52)57)70-38-5-2)72-49-32-28-46(29-33-49)45-22-15-14-16-23-45/h5,14-16,22-23,26-35,40-41,47,51,56-58,64-65H,2,4,6-13,17-21,24-25,36-39,42-43H2,1,3H3/t47-,51+,56-,57+,58+,60+/m0/s1. The van der Waals surface area contributed by atoms with Crippen LogP contribution in [0, 0.1) is 27.9 Å². The minimum absolute atomic E-state index is 0.0170. The summed E-state index contributed by atoms with van der Waals surface area (Å²) in [5.74, 6) is -0.242. The highest BCUT2D eigenvalue weighted by atomic mass is 16.7. The minimum Gasteiger partial charge on any atom is -0.459 e. The number of rotatable bonds is 30. The van der Waals surface area contributed by atoms with E-state index in [0.717, 1.165) is 67.2 Å². The van der Waals surface area contributed by atoms with Crippen molar-refractivity contribution in [2.45, 2.75) is 140 Å². The van der Waals surface area contributed by atoms with Crippen LogP contribution >= 0.6 is 0 Å². The topological polar surface area (TPSA) is 162 Å². The smallest absolute Gasteiger partial charge is 0.409 e. The highest BCUT2D eigenvalue weighted by Gasteiger charge is 2.65. The van der Waals surface area contributed by atoms with E-state index >= 15 is 0 Å². The van der Waals surface area contributed by atoms with Gasteiger partial charge in [0.25, 0.3) is 5.69 Å². The fourth-order valence-electron chi connectivity index (χ4n) is 11.2. The van der Waals surface area contributed by atoms with Gasteiger partial charge in [-0.1, -0.05) is 137 Å². The van der Waals surface area contributed by atoms with E-state index in [-0.39, 0.29) is 62.9 Å². The number of hydrogen-bond donors (Lipinski definition) is 2. The van der Waals surface area contributed by atoms with E-state index in [0.29, 0.717) is 41.4 Å². The number of unbranched alkanes of at least 4 members (excludes halogenated alkanes) is 11. The molecule has 1 fully saturated rings. The Hall–Kier alpha value is -6.02. The van der Waals surface area contributed by atoms with E-state index in [1.165, 1.54) is 57.1 Å². The van der Waals surface area contributed by atoms with Crippen molar-refractivity contribution in [2.75, 3.05) is 33.5 Å². The Kier molecular flexibility index (Phi) is 20.9. The Morgan fingerprint density at radius 2 is 1.49 bits per heavy atom. The number of fused-ring (bicyclic) bond motifs is 2. The van der Waals surface area contributed by atoms with Crippen LogP contribution in [0.5, 0.6) is 17.2 Å². The number of benzene rings is 4. The van der Waals surface area contributed by atoms with Gasteiger partial charge in [0.15, 0.2) is 0 Å². The third kappa shape index (κ3) is 14.2. The Labute approximate surface area is 432 Å². The number of ether oxygens (including phenoxy) is 4. The molecule has 0 unspecified atom stereocenters. The molecule has 0 saturated heterocycles. The monoisotopic (exact) mass is 1000 g/mol. The van der Waals surface area contributed by atoms with Gasteiger partial charge in [0.2, 0.25) is 5.79 Å². The molecule has 2 aliphatic carbocycles. The largest absolute Gasteiger partial charge is 0.459 e. The normalized spacial score (nSPS) is 21.3. The van der Waals surface area contributed by atoms with Crippen LogP contribution in [-0.4, -0.2) is 77.1 Å². The second-order valence-corrected chi connectivity index (χ2v) is 19.9. The van der Waals surface area contributed by atoms with Crippen LogP contribution in [0.1, 0.15) is 133 Å². The van der Waals surface area contributed by atoms with Gasteiger partial charge in [0.1, 0.15) is 29.9 Å². The Bertz CT molecular complexity index is 2430. The molecule has 1 heterocycles. The van der Waals surface area contributed by atoms with Crippen LogP contribution in [0.4, 0.5) is 10.5 Å². The summed E-state index contributed by atoms with van der Waals surface area (Å²) in [5, 5.41) is 36.4. The summed E-state index contributed by atoms with van der Waals surface area (Å²) in [6, 6.07) is 29.6. The molecule has 1 saturated carbocycles. The van der Waals surface area contributed by atoms with Crippen molar-refractivity contribution in [1.29, 1.82) is 0 Å². The van der Waals surface area contributed by atoms with Gasteiger partial charge in [-0.15, -0.1) is 6.58 Å². The van der Waals surface area contributed by atoms with Crippen LogP contribution in [0.3, 0.4) is 0 Å². The number of oxime groups is 1. The molecule has 0 spiro atoms. The zero-order valence-electron chi connectivity index (χ0n) is 43.0. The molecule has 1 aliphatic heterocycles. The zero-order chi connectivity index (χ0) is 51.4. The number of nitro groups is 1. The highest BCUT2D eigenvalue weighted by Crippen LogP contribution is 2.62. The number of aliphatic hydroxyl groups excluding tert-OH is 2. The average Bonchev–Trinajstić information content (AvgIpc) is 3.41. The Balaban J connectivity index is 1.26. The lowest BCUT2D eigenvalue weighted by molar-refractivity contribution is -0.384. The van der Waals surface area contributed by atoms with Gasteiger partial charge >= 0.3 is 6.09 Å². The number of carbonyl (C=O) groups excluding carboxylic acids is 1. The van der Waals surface area contributed by atoms with Crippen molar-refractivity contribution in [2.24, 2.45) is 22.9 Å². The number of likely N-dealkylation sites (N-methyl/N-ethyl adjacent to an activating group) is 1. The summed E-state index contributed by atoms with van der Waals surface area (Å²) in [6.45, 7) is 6.90. The molecule has 13 nitrogen and oxygen atoms in total. The maximum atomic E-state index is 14.4. The summed E-state index contributed by atoms with van der Waals surface area (Å²) >= 11 is 0. The van der Waals surface area contributed by atoms with E-state index in [2.05, 4.69) is 49.9 Å². The highest BCUT2D eigenvalue weighted by molar-refractivity contribution is 6.03. The second kappa shape index (κ2) is 27.9. The molecule has 7 rings (SSSR count). The summed E-state index contributed by atoms with van der Waals surface area (Å²) in [7, 11) is 1.74. The molecule has 0 radical (unpaired) electrons. The molecular weight excluding hydrogens is 923 g/mol. The molecule has 4 aromatic carbocycles. The molecular formula is C60H77N3O10. The van der Waals surface area contributed by atoms with E-state index in [1.54, 1.807) is 30.2 Å². The molecule has 0 bridgehead atoms. The molecule has 3 aliphatic rings. The molecule has 6 atom stereocenters. The molecule has 392 valence electrons. The minimum atomic E-state index is -1.44. The van der Waals surface area contributed by atoms with Gasteiger partial charge in [0, 0.05) is 50.3 Å². The first-order valence-electron chi connectivity index (χ1n) is 26.9. The number of allylic oxidation sites excluding steroid dienone is 1. The lowest BCUT2D eigenvalue weighted by atomic mass is 9.55. The van der Waals surface area contributed by atoms with E-state index in [9.17, 15) is 25.1 Å². The quantitative estimate of drug-likeness (QED) is 0.0222. The second-order valence-electron chi connectivity index (χ2n) is 19.9. The molecule has 13 heteroatoms. The Morgan fingerprint density at radius 3 is 2.16 bits per heavy atom. The van der Waals surface area contributed by atoms with Gasteiger partial charge in [-0.2, -0.15) is 0 Å². The van der Waals surface area contributed by atoms with Gasteiger partial charge < -0.3 is 38.9 Å². The van der Waals surface area contributed by atoms with E-state index in [1.807, 2.05) is 42.5 Å². The Morgan fingerprint density at radius 1 is 0.836 bits per heavy atom. The molecule has 1 amide bonds. The first kappa shape index (κ1) is 54.7. The first-order valence-corrected chi connectivity index (χ1v) is 26.9. The number of hydrogen-bond acceptors (Lipinski definition) is 11. The van der Waals surface area contributed by atoms with E-state index in [4.69, 9.17) is 28.9 Å². The zero-order valence-corrected chi connectivity index (χ0v) is 43.0. The molecule has 73 heavy (non-hydrogen) atoms. The number of non-ortho nitro benzene ring substituents is 1. The first-order chi connectivity index (χ1) is 35.7. The molecule has 4 aromatic rings. The summed E-state index contributed by atoms with van der Waals surface area (Å²) < 4.78 is 27.1. The number of aliphatic hydroxyl groups is 2. The molecule has 0 aromatic heterocycles. The fraction of sp³-hybridized carbons (Fsp3) is 0.500. The van der Waals surface area contributed by atoms with Crippen molar-refractivity contribution >= 4 is 17.5 Å². The summed E-state index contributed by atoms with van der Waals surface area (Å²) in [5.41, 5.74) is 5.34. The number of nitrogens with zero attached hydrogens (tertiary/aromatic N) is 3. The van der Waals surface area contributed by atoms with E-state index < -0.39 is 28.8 Å². The van der Waals surface area contributed by atoms with Crippen LogP contribution in [-0.2, 0) is 20.9 Å². The van der Waals surface area contributed by atoms with Crippen LogP contribution < -0.4 is 9.47 Å². The number of nitro benzene ring substituents is 1. The van der Waals surface area contributed by atoms with Gasteiger partial charge in [-0.3, -0.25) is 10.1 Å². The predicted octanol–water partition coefficient (Wildman–Crippen LogP) is 13.9. The van der Waals surface area contributed by atoms with Crippen molar-refractivity contribution in [3.63, 3.8) is 0 Å². The van der Waals surface area contributed by atoms with Crippen molar-refractivity contribution in [1.82, 2.24) is 4.90 Å². The number of amides is 1. The maximum absolute atomic E-state index is 14.4. The van der Waals surface area contributed by atoms with Gasteiger partial charge in [-0.05, 0) is 109 Å². The van der Waals surface area contributed by atoms with Crippen LogP contribution in [0.15, 0.2) is 127 Å². The lowest BCUT2D eigenvalue weighted by Gasteiger charge is -2.59. The average molecular weight is 1000 g/mol. The maximum Gasteiger partial charge on any atom is 0.409 e. The third-order valence-corrected chi connectivity index (χ3v) is 14.9. The van der Waals surface area contributed by atoms with Gasteiger partial charge in [-0.25, -0.2) is 4.79 Å². The van der Waals surface area contributed by atoms with Crippen molar-refractivity contribution < 1.29 is 43.7 Å². The lowest BCUT2D eigenvalue weighted by Crippen LogP contribution is -2.69. The summed E-state index contributed by atoms with van der Waals surface area (Å²) in [6.07, 6.45) is 19.8. The van der Waals surface area contributed by atoms with Crippen LogP contribution in [0.25, 0.3) is 11.1 Å².